The Kier molecular flexibility index (Phi) is 6.75. The molecule has 0 spiro atoms. The number of nitro benzene ring substituents is 1. The second-order valence-corrected chi connectivity index (χ2v) is 6.33. The first-order valence-electron chi connectivity index (χ1n) is 7.86. The summed E-state index contributed by atoms with van der Waals surface area (Å²) in [6.07, 6.45) is 0. The summed E-state index contributed by atoms with van der Waals surface area (Å²) in [6.45, 7) is 1.23. The summed E-state index contributed by atoms with van der Waals surface area (Å²) in [5.41, 5.74) is 1.97. The van der Waals surface area contributed by atoms with Gasteiger partial charge in [0.05, 0.1) is 17.1 Å². The standard InChI is InChI=1S/C18H22ClN3O3/c1-21(2)18(13-5-4-6-16(9-13)25-3)12-20-11-14-7-8-15(22(23)24)10-17(14)19/h4-10,18,20H,11-12H2,1-3H3. The summed E-state index contributed by atoms with van der Waals surface area (Å²) < 4.78 is 5.29. The normalized spacial score (nSPS) is 12.2. The predicted molar refractivity (Wildman–Crippen MR) is 99.2 cm³/mol. The summed E-state index contributed by atoms with van der Waals surface area (Å²) in [6, 6.07) is 12.7. The molecule has 7 heteroatoms. The predicted octanol–water partition coefficient (Wildman–Crippen LogP) is 3.65. The molecule has 0 heterocycles. The Morgan fingerprint density at radius 1 is 1.28 bits per heavy atom. The number of non-ortho nitro benzene ring substituents is 1. The van der Waals surface area contributed by atoms with Crippen molar-refractivity contribution in [3.63, 3.8) is 0 Å². The molecule has 2 rings (SSSR count). The smallest absolute Gasteiger partial charge is 0.270 e. The van der Waals surface area contributed by atoms with E-state index in [0.29, 0.717) is 18.1 Å². The van der Waals surface area contributed by atoms with Gasteiger partial charge in [0.1, 0.15) is 5.75 Å². The minimum atomic E-state index is -0.450. The van der Waals surface area contributed by atoms with E-state index in [9.17, 15) is 10.1 Å². The molecule has 134 valence electrons. The Morgan fingerprint density at radius 2 is 2.04 bits per heavy atom. The summed E-state index contributed by atoms with van der Waals surface area (Å²) >= 11 is 6.14. The Labute approximate surface area is 152 Å². The van der Waals surface area contributed by atoms with Crippen LogP contribution in [0, 0.1) is 10.1 Å². The van der Waals surface area contributed by atoms with Gasteiger partial charge in [-0.2, -0.15) is 0 Å². The van der Waals surface area contributed by atoms with E-state index in [0.717, 1.165) is 16.9 Å². The maximum Gasteiger partial charge on any atom is 0.270 e. The van der Waals surface area contributed by atoms with Gasteiger partial charge in [0.15, 0.2) is 0 Å². The number of hydrogen-bond acceptors (Lipinski definition) is 5. The molecule has 25 heavy (non-hydrogen) atoms. The maximum absolute atomic E-state index is 10.8. The number of benzene rings is 2. The van der Waals surface area contributed by atoms with Crippen molar-refractivity contribution in [1.29, 1.82) is 0 Å². The van der Waals surface area contributed by atoms with Gasteiger partial charge in [-0.25, -0.2) is 0 Å². The van der Waals surface area contributed by atoms with E-state index in [1.165, 1.54) is 12.1 Å². The van der Waals surface area contributed by atoms with E-state index in [4.69, 9.17) is 16.3 Å². The van der Waals surface area contributed by atoms with Gasteiger partial charge in [-0.05, 0) is 43.4 Å². The fourth-order valence-corrected chi connectivity index (χ4v) is 2.83. The van der Waals surface area contributed by atoms with Gasteiger partial charge in [-0.15, -0.1) is 0 Å². The fourth-order valence-electron chi connectivity index (χ4n) is 2.58. The Balaban J connectivity index is 2.03. The molecule has 0 aliphatic carbocycles. The third-order valence-electron chi connectivity index (χ3n) is 4.00. The lowest BCUT2D eigenvalue weighted by molar-refractivity contribution is -0.384. The fraction of sp³-hybridized carbons (Fsp3) is 0.333. The third kappa shape index (κ3) is 5.16. The molecule has 0 bridgehead atoms. The Morgan fingerprint density at radius 3 is 2.64 bits per heavy atom. The molecule has 1 N–H and O–H groups in total. The number of halogens is 1. The van der Waals surface area contributed by atoms with Gasteiger partial charge >= 0.3 is 0 Å². The summed E-state index contributed by atoms with van der Waals surface area (Å²) in [4.78, 5) is 12.4. The molecular weight excluding hydrogens is 342 g/mol. The van der Waals surface area contributed by atoms with E-state index >= 15 is 0 Å². The number of nitrogens with one attached hydrogen (secondary N) is 1. The molecule has 2 aromatic rings. The highest BCUT2D eigenvalue weighted by Gasteiger charge is 2.15. The van der Waals surface area contributed by atoms with Crippen LogP contribution in [0.3, 0.4) is 0 Å². The highest BCUT2D eigenvalue weighted by atomic mass is 35.5. The largest absolute Gasteiger partial charge is 0.497 e. The molecular formula is C18H22ClN3O3. The quantitative estimate of drug-likeness (QED) is 0.572. The first kappa shape index (κ1) is 19.2. The minimum absolute atomic E-state index is 0.00343. The number of methoxy groups -OCH3 is 1. The Bertz CT molecular complexity index is 737. The molecule has 0 radical (unpaired) electrons. The number of ether oxygens (including phenoxy) is 1. The van der Waals surface area contributed by atoms with Crippen molar-refractivity contribution in [2.75, 3.05) is 27.7 Å². The molecule has 2 aromatic carbocycles. The maximum atomic E-state index is 10.8. The van der Waals surface area contributed by atoms with Crippen LogP contribution >= 0.6 is 11.6 Å². The topological polar surface area (TPSA) is 67.6 Å². The van der Waals surface area contributed by atoms with Crippen LogP contribution in [0.5, 0.6) is 5.75 Å². The van der Waals surface area contributed by atoms with Gasteiger partial charge in [-0.1, -0.05) is 23.7 Å². The van der Waals surface area contributed by atoms with Crippen molar-refractivity contribution in [2.24, 2.45) is 0 Å². The van der Waals surface area contributed by atoms with Crippen molar-refractivity contribution in [3.05, 3.63) is 68.7 Å². The van der Waals surface area contributed by atoms with Crippen LogP contribution in [0.1, 0.15) is 17.2 Å². The number of nitro groups is 1. The summed E-state index contributed by atoms with van der Waals surface area (Å²) in [7, 11) is 5.69. The second-order valence-electron chi connectivity index (χ2n) is 5.92. The average molecular weight is 364 g/mol. The number of rotatable bonds is 8. The van der Waals surface area contributed by atoms with Crippen LogP contribution in [-0.2, 0) is 6.54 Å². The first-order chi connectivity index (χ1) is 11.9. The molecule has 0 aliphatic heterocycles. The summed E-state index contributed by atoms with van der Waals surface area (Å²) in [5.74, 6) is 0.822. The SMILES string of the molecule is COc1cccc(C(CNCc2ccc([N+](=O)[O-])cc2Cl)N(C)C)c1. The van der Waals surface area contributed by atoms with Crippen molar-refractivity contribution in [1.82, 2.24) is 10.2 Å². The lowest BCUT2D eigenvalue weighted by Gasteiger charge is -2.25. The average Bonchev–Trinajstić information content (AvgIpc) is 2.59. The second kappa shape index (κ2) is 8.80. The zero-order chi connectivity index (χ0) is 18.4. The van der Waals surface area contributed by atoms with E-state index in [1.807, 2.05) is 32.3 Å². The van der Waals surface area contributed by atoms with Crippen LogP contribution in [0.2, 0.25) is 5.02 Å². The highest BCUT2D eigenvalue weighted by molar-refractivity contribution is 6.31. The van der Waals surface area contributed by atoms with Crippen molar-refractivity contribution < 1.29 is 9.66 Å². The zero-order valence-corrected chi connectivity index (χ0v) is 15.3. The van der Waals surface area contributed by atoms with E-state index in [-0.39, 0.29) is 11.7 Å². The molecule has 6 nitrogen and oxygen atoms in total. The van der Waals surface area contributed by atoms with Crippen LogP contribution in [0.15, 0.2) is 42.5 Å². The van der Waals surface area contributed by atoms with E-state index in [2.05, 4.69) is 16.3 Å². The van der Waals surface area contributed by atoms with E-state index < -0.39 is 4.92 Å². The molecule has 0 fully saturated rings. The van der Waals surface area contributed by atoms with Gasteiger partial charge in [0.2, 0.25) is 0 Å². The monoisotopic (exact) mass is 363 g/mol. The number of hydrogen-bond donors (Lipinski definition) is 1. The van der Waals surface area contributed by atoms with Gasteiger partial charge in [0.25, 0.3) is 5.69 Å². The number of likely N-dealkylation sites (N-methyl/N-ethyl adjacent to an activating group) is 1. The van der Waals surface area contributed by atoms with Gasteiger partial charge in [-0.3, -0.25) is 10.1 Å². The number of nitrogens with zero attached hydrogens (tertiary/aromatic N) is 2. The highest BCUT2D eigenvalue weighted by Crippen LogP contribution is 2.24. The lowest BCUT2D eigenvalue weighted by Crippen LogP contribution is -2.30. The Hall–Kier alpha value is -2.15. The lowest BCUT2D eigenvalue weighted by atomic mass is 10.1. The van der Waals surface area contributed by atoms with Gasteiger partial charge < -0.3 is 15.0 Å². The van der Waals surface area contributed by atoms with Crippen LogP contribution < -0.4 is 10.1 Å². The van der Waals surface area contributed by atoms with Crippen molar-refractivity contribution in [3.8, 4) is 5.75 Å². The molecule has 1 atom stereocenters. The molecule has 0 aliphatic rings. The van der Waals surface area contributed by atoms with Crippen molar-refractivity contribution >= 4 is 17.3 Å². The summed E-state index contributed by atoms with van der Waals surface area (Å²) in [5, 5.41) is 14.5. The molecule has 0 aromatic heterocycles. The van der Waals surface area contributed by atoms with Gasteiger partial charge in [0, 0.05) is 31.3 Å². The van der Waals surface area contributed by atoms with Crippen molar-refractivity contribution in [2.45, 2.75) is 12.6 Å². The third-order valence-corrected chi connectivity index (χ3v) is 4.35. The van der Waals surface area contributed by atoms with E-state index in [1.54, 1.807) is 13.2 Å². The van der Waals surface area contributed by atoms with Crippen LogP contribution in [0.25, 0.3) is 0 Å². The minimum Gasteiger partial charge on any atom is -0.497 e. The molecule has 0 saturated heterocycles. The molecule has 0 saturated carbocycles. The first-order valence-corrected chi connectivity index (χ1v) is 8.24. The molecule has 0 amide bonds. The van der Waals surface area contributed by atoms with Crippen LogP contribution in [-0.4, -0.2) is 37.6 Å². The van der Waals surface area contributed by atoms with Crippen LogP contribution in [0.4, 0.5) is 5.69 Å². The molecule has 1 unspecified atom stereocenters. The zero-order valence-electron chi connectivity index (χ0n) is 14.5.